The number of halogens is 1. The van der Waals surface area contributed by atoms with Gasteiger partial charge in [-0.2, -0.15) is 0 Å². The van der Waals surface area contributed by atoms with Crippen LogP contribution in [0.1, 0.15) is 10.5 Å². The zero-order chi connectivity index (χ0) is 8.43. The van der Waals surface area contributed by atoms with Gasteiger partial charge in [0.25, 0.3) is 0 Å². The number of aromatic carboxylic acids is 1. The Kier molecular flexibility index (Phi) is 3.17. The van der Waals surface area contributed by atoms with Crippen LogP contribution in [0, 0.1) is 10.1 Å². The minimum absolute atomic E-state index is 0. The third-order valence-electron chi connectivity index (χ3n) is 0.980. The molecule has 12 heavy (non-hydrogen) atoms. The van der Waals surface area contributed by atoms with Gasteiger partial charge in [0, 0.05) is 0 Å². The van der Waals surface area contributed by atoms with E-state index in [1.807, 2.05) is 5.10 Å². The molecular formula is C4H4ClN3O4. The van der Waals surface area contributed by atoms with Gasteiger partial charge in [0.15, 0.2) is 5.69 Å². The molecule has 0 aromatic carbocycles. The second-order valence-electron chi connectivity index (χ2n) is 1.70. The number of H-pyrrole nitrogens is 1. The molecule has 0 amide bonds. The molecule has 2 N–H and O–H groups in total. The first kappa shape index (κ1) is 10.4. The first-order valence-electron chi connectivity index (χ1n) is 2.54. The van der Waals surface area contributed by atoms with E-state index in [-0.39, 0.29) is 18.1 Å². The molecule has 0 spiro atoms. The Labute approximate surface area is 72.0 Å². The highest BCUT2D eigenvalue weighted by Crippen LogP contribution is 2.06. The third-order valence-corrected chi connectivity index (χ3v) is 0.980. The molecule has 7 nitrogen and oxygen atoms in total. The van der Waals surface area contributed by atoms with Crippen LogP contribution in [-0.2, 0) is 0 Å². The van der Waals surface area contributed by atoms with Gasteiger partial charge in [-0.15, -0.1) is 17.5 Å². The lowest BCUT2D eigenvalue weighted by Crippen LogP contribution is -1.95. The van der Waals surface area contributed by atoms with Gasteiger partial charge in [-0.3, -0.25) is 0 Å². The highest BCUT2D eigenvalue weighted by Gasteiger charge is 2.14. The van der Waals surface area contributed by atoms with Gasteiger partial charge in [-0.05, 0) is 4.92 Å². The number of hydrogen-bond donors (Lipinski definition) is 2. The average Bonchev–Trinajstić information content (AvgIpc) is 2.33. The van der Waals surface area contributed by atoms with Crippen molar-refractivity contribution >= 4 is 24.2 Å². The predicted molar refractivity (Wildman–Crippen MR) is 39.4 cm³/mol. The van der Waals surface area contributed by atoms with Crippen molar-refractivity contribution in [1.29, 1.82) is 0 Å². The summed E-state index contributed by atoms with van der Waals surface area (Å²) in [6, 6.07) is 0.850. The van der Waals surface area contributed by atoms with E-state index in [0.29, 0.717) is 0 Å². The highest BCUT2D eigenvalue weighted by molar-refractivity contribution is 5.85. The van der Waals surface area contributed by atoms with Crippen molar-refractivity contribution in [2.75, 3.05) is 0 Å². The number of carboxylic acids is 1. The Hall–Kier alpha value is -1.63. The molecule has 0 saturated heterocycles. The smallest absolute Gasteiger partial charge is 0.358 e. The number of nitrogens with zero attached hydrogens (tertiary/aromatic N) is 2. The van der Waals surface area contributed by atoms with E-state index >= 15 is 0 Å². The molecule has 0 unspecified atom stereocenters. The van der Waals surface area contributed by atoms with Crippen LogP contribution in [0.2, 0.25) is 0 Å². The van der Waals surface area contributed by atoms with Crippen LogP contribution in [0.4, 0.5) is 5.82 Å². The Morgan fingerprint density at radius 1 is 1.75 bits per heavy atom. The van der Waals surface area contributed by atoms with Gasteiger partial charge in [-0.1, -0.05) is 5.10 Å². The number of carboxylic acid groups (broad SMARTS) is 1. The summed E-state index contributed by atoms with van der Waals surface area (Å²) in [6.45, 7) is 0. The maximum Gasteiger partial charge on any atom is 0.358 e. The van der Waals surface area contributed by atoms with Crippen molar-refractivity contribution in [1.82, 2.24) is 10.2 Å². The molecule has 1 rings (SSSR count). The summed E-state index contributed by atoms with van der Waals surface area (Å²) >= 11 is 0. The summed E-state index contributed by atoms with van der Waals surface area (Å²) in [4.78, 5) is 19.4. The van der Waals surface area contributed by atoms with Gasteiger partial charge in [0.1, 0.15) is 0 Å². The first-order chi connectivity index (χ1) is 5.11. The number of hydrogen-bond acceptors (Lipinski definition) is 4. The van der Waals surface area contributed by atoms with Gasteiger partial charge in [-0.25, -0.2) is 4.79 Å². The molecule has 66 valence electrons. The van der Waals surface area contributed by atoms with E-state index in [4.69, 9.17) is 5.11 Å². The zero-order valence-corrected chi connectivity index (χ0v) is 6.37. The molecule has 0 saturated carbocycles. The van der Waals surface area contributed by atoms with Gasteiger partial charge >= 0.3 is 11.8 Å². The molecule has 8 heteroatoms. The van der Waals surface area contributed by atoms with Crippen LogP contribution in [0.15, 0.2) is 6.07 Å². The third kappa shape index (κ3) is 1.92. The lowest BCUT2D eigenvalue weighted by Gasteiger charge is -1.83. The van der Waals surface area contributed by atoms with E-state index in [1.165, 1.54) is 0 Å². The van der Waals surface area contributed by atoms with Gasteiger partial charge < -0.3 is 15.2 Å². The second kappa shape index (κ2) is 3.67. The number of rotatable bonds is 2. The minimum atomic E-state index is -1.30. The largest absolute Gasteiger partial charge is 0.476 e. The van der Waals surface area contributed by atoms with E-state index in [1.54, 1.807) is 0 Å². The fourth-order valence-corrected chi connectivity index (χ4v) is 0.515. The summed E-state index contributed by atoms with van der Waals surface area (Å²) in [7, 11) is 0. The molecular weight excluding hydrogens is 190 g/mol. The fraction of sp³-hybridized carbons (Fsp3) is 0. The van der Waals surface area contributed by atoms with Crippen molar-refractivity contribution in [3.05, 3.63) is 21.9 Å². The SMILES string of the molecule is Cl.O=C(O)c1cc([N+](=O)[O-])[nH]n1. The fourth-order valence-electron chi connectivity index (χ4n) is 0.515. The lowest BCUT2D eigenvalue weighted by atomic mass is 10.4. The number of nitro groups is 1. The molecule has 0 aliphatic rings. The number of carbonyl (C=O) groups is 1. The molecule has 0 atom stereocenters. The molecule has 0 aliphatic carbocycles. The minimum Gasteiger partial charge on any atom is -0.476 e. The van der Waals surface area contributed by atoms with Gasteiger partial charge in [0.2, 0.25) is 0 Å². The molecule has 1 aromatic heterocycles. The molecule has 0 bridgehead atoms. The maximum absolute atomic E-state index is 10.1. The topological polar surface area (TPSA) is 109 Å². The Bertz CT molecular complexity index is 281. The van der Waals surface area contributed by atoms with Crippen LogP contribution in [-0.4, -0.2) is 26.2 Å². The summed E-state index contributed by atoms with van der Waals surface area (Å²) in [6.07, 6.45) is 0. The van der Waals surface area contributed by atoms with Crippen LogP contribution in [0.25, 0.3) is 0 Å². The molecule has 1 aromatic rings. The predicted octanol–water partition coefficient (Wildman–Crippen LogP) is 0.438. The first-order valence-corrected chi connectivity index (χ1v) is 2.54. The second-order valence-corrected chi connectivity index (χ2v) is 1.70. The Morgan fingerprint density at radius 2 is 2.33 bits per heavy atom. The van der Waals surface area contributed by atoms with E-state index in [2.05, 4.69) is 5.10 Å². The van der Waals surface area contributed by atoms with Crippen LogP contribution < -0.4 is 0 Å². The summed E-state index contributed by atoms with van der Waals surface area (Å²) in [5, 5.41) is 23.4. The summed E-state index contributed by atoms with van der Waals surface area (Å²) in [5.74, 6) is -1.73. The highest BCUT2D eigenvalue weighted by atomic mass is 35.5. The summed E-state index contributed by atoms with van der Waals surface area (Å²) < 4.78 is 0. The van der Waals surface area contributed by atoms with Crippen molar-refractivity contribution in [3.63, 3.8) is 0 Å². The quantitative estimate of drug-likeness (QED) is 0.523. The van der Waals surface area contributed by atoms with Crippen LogP contribution in [0.3, 0.4) is 0 Å². The van der Waals surface area contributed by atoms with Crippen molar-refractivity contribution in [3.8, 4) is 0 Å². The Balaban J connectivity index is 0.00000121. The molecule has 0 radical (unpaired) electrons. The van der Waals surface area contributed by atoms with Crippen molar-refractivity contribution in [2.24, 2.45) is 0 Å². The van der Waals surface area contributed by atoms with E-state index in [0.717, 1.165) is 6.07 Å². The Morgan fingerprint density at radius 3 is 2.58 bits per heavy atom. The summed E-state index contributed by atoms with van der Waals surface area (Å²) in [5.41, 5.74) is -0.364. The molecule has 0 aliphatic heterocycles. The van der Waals surface area contributed by atoms with Crippen LogP contribution >= 0.6 is 12.4 Å². The zero-order valence-electron chi connectivity index (χ0n) is 5.55. The maximum atomic E-state index is 10.1. The van der Waals surface area contributed by atoms with Crippen molar-refractivity contribution < 1.29 is 14.8 Å². The molecule has 0 fully saturated rings. The number of aromatic amines is 1. The lowest BCUT2D eigenvalue weighted by molar-refractivity contribution is -0.389. The van der Waals surface area contributed by atoms with E-state index in [9.17, 15) is 14.9 Å². The van der Waals surface area contributed by atoms with Crippen LogP contribution in [0.5, 0.6) is 0 Å². The monoisotopic (exact) mass is 193 g/mol. The number of aromatic nitrogens is 2. The number of nitrogens with one attached hydrogen (secondary N) is 1. The van der Waals surface area contributed by atoms with Crippen molar-refractivity contribution in [2.45, 2.75) is 0 Å². The average molecular weight is 194 g/mol. The van der Waals surface area contributed by atoms with E-state index < -0.39 is 16.7 Å². The normalized spacial score (nSPS) is 8.67. The molecule has 1 heterocycles. The van der Waals surface area contributed by atoms with Gasteiger partial charge in [0.05, 0.1) is 6.07 Å². The standard InChI is InChI=1S/C4H3N3O4.ClH/c8-4(9)2-1-3(6-5-2)7(10)11;/h1H,(H,5,6)(H,8,9);1H.